The second kappa shape index (κ2) is 6.13. The molecule has 4 nitrogen and oxygen atoms in total. The highest BCUT2D eigenvalue weighted by molar-refractivity contribution is 7.09. The Labute approximate surface area is 118 Å². The van der Waals surface area contributed by atoms with Crippen LogP contribution in [0.3, 0.4) is 0 Å². The molecule has 1 aromatic rings. The molecule has 0 N–H and O–H groups in total. The summed E-state index contributed by atoms with van der Waals surface area (Å²) in [5, 5.41) is 0.384. The summed E-state index contributed by atoms with van der Waals surface area (Å²) in [5.41, 5.74) is 0. The van der Waals surface area contributed by atoms with Crippen molar-refractivity contribution in [2.45, 2.75) is 19.5 Å². The minimum absolute atomic E-state index is 0.00570. The standard InChI is InChI=1S/C12H12F3N3OS/c1-2-3-7-19-10-16-11(20-17-10)18-6-4-5-9(8-18)12(13,14)15/h4,6,9H,5,7-8H2,1H3. The number of ether oxygens (including phenoxy) is 1. The Bertz CT molecular complexity index is 544. The lowest BCUT2D eigenvalue weighted by Gasteiger charge is -2.28. The summed E-state index contributed by atoms with van der Waals surface area (Å²) in [6, 6.07) is 0.135. The van der Waals surface area contributed by atoms with Gasteiger partial charge in [-0.1, -0.05) is 12.0 Å². The maximum atomic E-state index is 12.7. The zero-order valence-corrected chi connectivity index (χ0v) is 11.5. The second-order valence-electron chi connectivity index (χ2n) is 4.09. The molecule has 1 unspecified atom stereocenters. The molecule has 0 saturated heterocycles. The lowest BCUT2D eigenvalue weighted by molar-refractivity contribution is -0.171. The molecule has 1 atom stereocenters. The number of nitrogens with zero attached hydrogens (tertiary/aromatic N) is 3. The van der Waals surface area contributed by atoms with Crippen LogP contribution < -0.4 is 9.64 Å². The van der Waals surface area contributed by atoms with Crippen LogP contribution in [-0.4, -0.2) is 28.7 Å². The predicted molar refractivity (Wildman–Crippen MR) is 69.5 cm³/mol. The molecular formula is C12H12F3N3OS. The maximum absolute atomic E-state index is 12.7. The van der Waals surface area contributed by atoms with Crippen LogP contribution in [0, 0.1) is 17.8 Å². The second-order valence-corrected chi connectivity index (χ2v) is 4.82. The normalized spacial score (nSPS) is 18.6. The Hall–Kier alpha value is -1.75. The Morgan fingerprint density at radius 1 is 1.55 bits per heavy atom. The van der Waals surface area contributed by atoms with Crippen LogP contribution in [0.5, 0.6) is 6.01 Å². The minimum atomic E-state index is -4.20. The SMILES string of the molecule is CC#CCOc1nsc(N2C=CCC(C(F)(F)F)C2)n1. The van der Waals surface area contributed by atoms with Gasteiger partial charge in [-0.2, -0.15) is 18.2 Å². The predicted octanol–water partition coefficient (Wildman–Crippen LogP) is 2.84. The molecular weight excluding hydrogens is 291 g/mol. The van der Waals surface area contributed by atoms with Crippen molar-refractivity contribution in [2.75, 3.05) is 18.1 Å². The summed E-state index contributed by atoms with van der Waals surface area (Å²) in [5.74, 6) is 3.96. The van der Waals surface area contributed by atoms with E-state index in [2.05, 4.69) is 21.2 Å². The van der Waals surface area contributed by atoms with Crippen molar-refractivity contribution in [3.05, 3.63) is 12.3 Å². The van der Waals surface area contributed by atoms with Crippen LogP contribution in [0.2, 0.25) is 0 Å². The van der Waals surface area contributed by atoms with Crippen molar-refractivity contribution in [2.24, 2.45) is 5.92 Å². The molecule has 1 aliphatic rings. The fraction of sp³-hybridized carbons (Fsp3) is 0.500. The van der Waals surface area contributed by atoms with Gasteiger partial charge in [0, 0.05) is 24.3 Å². The third-order valence-corrected chi connectivity index (χ3v) is 3.42. The average molecular weight is 303 g/mol. The molecule has 1 aromatic heterocycles. The lowest BCUT2D eigenvalue weighted by atomic mass is 10.0. The number of alkyl halides is 3. The van der Waals surface area contributed by atoms with E-state index < -0.39 is 12.1 Å². The first-order valence-electron chi connectivity index (χ1n) is 5.87. The van der Waals surface area contributed by atoms with E-state index in [0.717, 1.165) is 11.5 Å². The van der Waals surface area contributed by atoms with Gasteiger partial charge in [0.05, 0.1) is 5.92 Å². The summed E-state index contributed by atoms with van der Waals surface area (Å²) >= 11 is 1.000. The highest BCUT2D eigenvalue weighted by Gasteiger charge is 2.41. The fourth-order valence-electron chi connectivity index (χ4n) is 1.65. The van der Waals surface area contributed by atoms with Crippen molar-refractivity contribution in [3.8, 4) is 17.9 Å². The zero-order chi connectivity index (χ0) is 14.6. The summed E-state index contributed by atoms with van der Waals surface area (Å²) in [7, 11) is 0. The first-order chi connectivity index (χ1) is 9.50. The largest absolute Gasteiger partial charge is 0.450 e. The Kier molecular flexibility index (Phi) is 4.49. The quantitative estimate of drug-likeness (QED) is 0.805. The number of hydrogen-bond acceptors (Lipinski definition) is 5. The fourth-order valence-corrected chi connectivity index (χ4v) is 2.27. The van der Waals surface area contributed by atoms with E-state index in [1.165, 1.54) is 11.0 Å². The molecule has 0 aromatic carbocycles. The van der Waals surface area contributed by atoms with Crippen molar-refractivity contribution in [3.63, 3.8) is 0 Å². The molecule has 0 radical (unpaired) electrons. The van der Waals surface area contributed by atoms with Crippen LogP contribution in [0.25, 0.3) is 0 Å². The molecule has 0 bridgehead atoms. The van der Waals surface area contributed by atoms with E-state index in [9.17, 15) is 13.2 Å². The average Bonchev–Trinajstić information content (AvgIpc) is 2.87. The van der Waals surface area contributed by atoms with Gasteiger partial charge < -0.3 is 9.64 Å². The summed E-state index contributed by atoms with van der Waals surface area (Å²) < 4.78 is 47.2. The monoisotopic (exact) mass is 303 g/mol. The third-order valence-electron chi connectivity index (χ3n) is 2.68. The first kappa shape index (κ1) is 14.7. The minimum Gasteiger partial charge on any atom is -0.450 e. The molecule has 0 amide bonds. The van der Waals surface area contributed by atoms with Gasteiger partial charge in [0.2, 0.25) is 5.13 Å². The van der Waals surface area contributed by atoms with Gasteiger partial charge in [-0.05, 0) is 13.3 Å². The third kappa shape index (κ3) is 3.63. The molecule has 108 valence electrons. The highest BCUT2D eigenvalue weighted by Crippen LogP contribution is 2.34. The van der Waals surface area contributed by atoms with Crippen LogP contribution in [0.4, 0.5) is 18.3 Å². The van der Waals surface area contributed by atoms with Gasteiger partial charge in [-0.15, -0.1) is 10.3 Å². The number of aromatic nitrogens is 2. The van der Waals surface area contributed by atoms with Gasteiger partial charge in [0.25, 0.3) is 0 Å². The van der Waals surface area contributed by atoms with Crippen molar-refractivity contribution >= 4 is 16.7 Å². The number of rotatable bonds is 3. The van der Waals surface area contributed by atoms with Crippen molar-refractivity contribution in [1.82, 2.24) is 9.36 Å². The molecule has 2 rings (SSSR count). The molecule has 20 heavy (non-hydrogen) atoms. The highest BCUT2D eigenvalue weighted by atomic mass is 32.1. The molecule has 2 heterocycles. The van der Waals surface area contributed by atoms with Crippen LogP contribution in [0.15, 0.2) is 12.3 Å². The van der Waals surface area contributed by atoms with E-state index in [1.807, 2.05) is 0 Å². The van der Waals surface area contributed by atoms with Gasteiger partial charge in [0.1, 0.15) is 0 Å². The number of hydrogen-bond donors (Lipinski definition) is 0. The summed E-state index contributed by atoms with van der Waals surface area (Å²) in [4.78, 5) is 5.49. The van der Waals surface area contributed by atoms with Gasteiger partial charge in [-0.25, -0.2) is 0 Å². The van der Waals surface area contributed by atoms with E-state index in [-0.39, 0.29) is 25.6 Å². The summed E-state index contributed by atoms with van der Waals surface area (Å²) in [6.45, 7) is 1.69. The molecule has 0 aliphatic carbocycles. The topological polar surface area (TPSA) is 38.2 Å². The smallest absolute Gasteiger partial charge is 0.393 e. The number of anilines is 1. The Balaban J connectivity index is 2.02. The summed E-state index contributed by atoms with van der Waals surface area (Å²) in [6.07, 6.45) is -1.12. The van der Waals surface area contributed by atoms with Gasteiger partial charge >= 0.3 is 12.2 Å². The van der Waals surface area contributed by atoms with E-state index in [0.29, 0.717) is 5.13 Å². The van der Waals surface area contributed by atoms with Crippen molar-refractivity contribution < 1.29 is 17.9 Å². The molecule has 0 spiro atoms. The Morgan fingerprint density at radius 3 is 3.05 bits per heavy atom. The number of allylic oxidation sites excluding steroid dienone is 1. The van der Waals surface area contributed by atoms with Crippen LogP contribution in [-0.2, 0) is 0 Å². The van der Waals surface area contributed by atoms with E-state index in [1.54, 1.807) is 13.1 Å². The zero-order valence-electron chi connectivity index (χ0n) is 10.6. The number of halogens is 3. The van der Waals surface area contributed by atoms with E-state index in [4.69, 9.17) is 4.74 Å². The maximum Gasteiger partial charge on any atom is 0.393 e. The van der Waals surface area contributed by atoms with Crippen LogP contribution in [0.1, 0.15) is 13.3 Å². The molecule has 0 saturated carbocycles. The van der Waals surface area contributed by atoms with Crippen molar-refractivity contribution in [1.29, 1.82) is 0 Å². The Morgan fingerprint density at radius 2 is 2.35 bits per heavy atom. The van der Waals surface area contributed by atoms with E-state index >= 15 is 0 Å². The molecule has 1 aliphatic heterocycles. The van der Waals surface area contributed by atoms with Gasteiger partial charge in [-0.3, -0.25) is 0 Å². The first-order valence-corrected chi connectivity index (χ1v) is 6.64. The molecule has 8 heteroatoms. The van der Waals surface area contributed by atoms with Gasteiger partial charge in [0.15, 0.2) is 6.61 Å². The molecule has 0 fully saturated rings. The lowest BCUT2D eigenvalue weighted by Crippen LogP contribution is -2.36. The van der Waals surface area contributed by atoms with Crippen LogP contribution >= 0.6 is 11.5 Å².